The smallest absolute Gasteiger partial charge is 0.251 e. The maximum absolute atomic E-state index is 13.3. The fourth-order valence-corrected chi connectivity index (χ4v) is 2.85. The Morgan fingerprint density at radius 2 is 2.05 bits per heavy atom. The van der Waals surface area contributed by atoms with Gasteiger partial charge in [0.1, 0.15) is 5.82 Å². The monoisotopic (exact) mass is 349 g/mol. The second-order valence-corrected chi connectivity index (χ2v) is 5.62. The Morgan fingerprint density at radius 3 is 2.53 bits per heavy atom. The fraction of sp³-hybridized carbons (Fsp3) is 0.500. The third-order valence-corrected chi connectivity index (χ3v) is 5.09. The summed E-state index contributed by atoms with van der Waals surface area (Å²) < 4.78 is 13.3. The highest BCUT2D eigenvalue weighted by atomic mass is 79.9. The normalized spacial score (nSPS) is 11.4. The Hall–Kier alpha value is -0.610. The summed E-state index contributed by atoms with van der Waals surface area (Å²) >= 11 is 9.08. The lowest BCUT2D eigenvalue weighted by Gasteiger charge is -2.29. The molecule has 0 aliphatic carbocycles. The number of amides is 1. The number of halogens is 3. The lowest BCUT2D eigenvalue weighted by molar-refractivity contribution is 0.0932. The summed E-state index contributed by atoms with van der Waals surface area (Å²) in [5, 5.41) is 3.70. The first kappa shape index (κ1) is 16.4. The van der Waals surface area contributed by atoms with Crippen molar-refractivity contribution in [3.63, 3.8) is 0 Å². The Bertz CT molecular complexity index is 441. The highest BCUT2D eigenvalue weighted by Crippen LogP contribution is 2.27. The molecule has 0 unspecified atom stereocenters. The molecule has 1 amide bonds. The van der Waals surface area contributed by atoms with Crippen molar-refractivity contribution >= 4 is 33.4 Å². The topological polar surface area (TPSA) is 29.1 Å². The molecule has 2 nitrogen and oxygen atoms in total. The average molecular weight is 351 g/mol. The van der Waals surface area contributed by atoms with Crippen LogP contribution >= 0.6 is 27.5 Å². The van der Waals surface area contributed by atoms with Gasteiger partial charge in [-0.1, -0.05) is 41.4 Å². The number of rotatable bonds is 6. The molecule has 0 heterocycles. The third kappa shape index (κ3) is 4.18. The van der Waals surface area contributed by atoms with Gasteiger partial charge in [0.25, 0.3) is 5.91 Å². The van der Waals surface area contributed by atoms with E-state index in [1.807, 2.05) is 0 Å². The molecule has 1 N–H and O–H groups in total. The van der Waals surface area contributed by atoms with Crippen LogP contribution in [0, 0.1) is 11.2 Å². The lowest BCUT2D eigenvalue weighted by Crippen LogP contribution is -2.38. The number of hydrogen-bond donors (Lipinski definition) is 1. The molecule has 0 saturated carbocycles. The average Bonchev–Trinajstić information content (AvgIpc) is 2.43. The Morgan fingerprint density at radius 1 is 1.42 bits per heavy atom. The van der Waals surface area contributed by atoms with Crippen LogP contribution in [0.1, 0.15) is 37.0 Å². The van der Waals surface area contributed by atoms with Gasteiger partial charge in [0.15, 0.2) is 0 Å². The van der Waals surface area contributed by atoms with Gasteiger partial charge in [-0.25, -0.2) is 4.39 Å². The van der Waals surface area contributed by atoms with Crippen LogP contribution in [-0.4, -0.2) is 17.8 Å². The molecule has 1 aromatic carbocycles. The van der Waals surface area contributed by atoms with Crippen molar-refractivity contribution in [1.82, 2.24) is 5.32 Å². The van der Waals surface area contributed by atoms with Gasteiger partial charge in [0.2, 0.25) is 0 Å². The van der Waals surface area contributed by atoms with Gasteiger partial charge in [-0.2, -0.15) is 0 Å². The summed E-state index contributed by atoms with van der Waals surface area (Å²) in [5.74, 6) is -0.852. The van der Waals surface area contributed by atoms with E-state index in [0.29, 0.717) is 6.54 Å². The predicted octanol–water partition coefficient (Wildman–Crippen LogP) is 4.41. The highest BCUT2D eigenvalue weighted by molar-refractivity contribution is 9.09. The van der Waals surface area contributed by atoms with Crippen molar-refractivity contribution in [3.8, 4) is 0 Å². The lowest BCUT2D eigenvalue weighted by atomic mass is 9.84. The van der Waals surface area contributed by atoms with Gasteiger partial charge < -0.3 is 5.32 Å². The molecule has 19 heavy (non-hydrogen) atoms. The first-order valence-corrected chi connectivity index (χ1v) is 7.77. The van der Waals surface area contributed by atoms with Gasteiger partial charge in [-0.3, -0.25) is 4.79 Å². The van der Waals surface area contributed by atoms with Crippen molar-refractivity contribution in [3.05, 3.63) is 34.6 Å². The molecule has 0 aliphatic heterocycles. The molecule has 0 spiro atoms. The quantitative estimate of drug-likeness (QED) is 0.757. The molecule has 0 bridgehead atoms. The zero-order chi connectivity index (χ0) is 14.5. The van der Waals surface area contributed by atoms with E-state index in [4.69, 9.17) is 11.6 Å². The molecular weight excluding hydrogens is 333 g/mol. The van der Waals surface area contributed by atoms with Crippen LogP contribution in [0.3, 0.4) is 0 Å². The molecule has 0 aliphatic rings. The van der Waals surface area contributed by atoms with Gasteiger partial charge >= 0.3 is 0 Å². The molecule has 0 fully saturated rings. The molecule has 0 radical (unpaired) electrons. The molecule has 106 valence electrons. The second kappa shape index (κ2) is 7.25. The summed E-state index contributed by atoms with van der Waals surface area (Å²) in [4.78, 5) is 12.0. The van der Waals surface area contributed by atoms with Gasteiger partial charge in [0.05, 0.1) is 5.02 Å². The summed E-state index contributed by atoms with van der Waals surface area (Å²) in [6.45, 7) is 4.76. The summed E-state index contributed by atoms with van der Waals surface area (Å²) in [5.41, 5.74) is 0.332. The number of carbonyl (C=O) groups is 1. The first-order valence-electron chi connectivity index (χ1n) is 6.27. The van der Waals surface area contributed by atoms with Crippen molar-refractivity contribution in [2.45, 2.75) is 26.7 Å². The Balaban J connectivity index is 2.72. The molecular formula is C14H18BrClFNO. The number of hydrogen-bond acceptors (Lipinski definition) is 1. The van der Waals surface area contributed by atoms with Gasteiger partial charge in [0, 0.05) is 17.4 Å². The summed E-state index contributed by atoms with van der Waals surface area (Å²) in [6.07, 6.45) is 1.92. The number of benzene rings is 1. The van der Waals surface area contributed by atoms with Crippen LogP contribution < -0.4 is 5.32 Å². The van der Waals surface area contributed by atoms with E-state index in [-0.39, 0.29) is 21.9 Å². The van der Waals surface area contributed by atoms with E-state index >= 15 is 0 Å². The van der Waals surface area contributed by atoms with E-state index in [2.05, 4.69) is 35.1 Å². The Kier molecular flexibility index (Phi) is 6.27. The van der Waals surface area contributed by atoms with E-state index in [0.717, 1.165) is 24.2 Å². The molecule has 1 rings (SSSR count). The zero-order valence-electron chi connectivity index (χ0n) is 11.1. The largest absolute Gasteiger partial charge is 0.351 e. The summed E-state index contributed by atoms with van der Waals surface area (Å²) in [6, 6.07) is 4.07. The minimum absolute atomic E-state index is 0.0217. The maximum atomic E-state index is 13.3. The SMILES string of the molecule is CCC(CC)(CBr)CNC(=O)c1ccc(Cl)c(F)c1. The van der Waals surface area contributed by atoms with Crippen LogP contribution in [0.5, 0.6) is 0 Å². The first-order chi connectivity index (χ1) is 8.98. The Labute approximate surface area is 126 Å². The number of carbonyl (C=O) groups excluding carboxylic acids is 1. The maximum Gasteiger partial charge on any atom is 0.251 e. The second-order valence-electron chi connectivity index (χ2n) is 4.65. The van der Waals surface area contributed by atoms with E-state index < -0.39 is 5.82 Å². The molecule has 0 aromatic heterocycles. The molecule has 0 saturated heterocycles. The standard InChI is InChI=1S/C14H18BrClFNO/c1-3-14(4-2,8-15)9-18-13(19)10-5-6-11(16)12(17)7-10/h5-7H,3-4,8-9H2,1-2H3,(H,18,19). The zero-order valence-corrected chi connectivity index (χ0v) is 13.4. The van der Waals surface area contributed by atoms with Crippen LogP contribution in [-0.2, 0) is 0 Å². The van der Waals surface area contributed by atoms with Gasteiger partial charge in [-0.15, -0.1) is 0 Å². The van der Waals surface area contributed by atoms with Crippen molar-refractivity contribution in [2.24, 2.45) is 5.41 Å². The third-order valence-electron chi connectivity index (χ3n) is 3.59. The van der Waals surface area contributed by atoms with Crippen molar-refractivity contribution < 1.29 is 9.18 Å². The molecule has 0 atom stereocenters. The predicted molar refractivity (Wildman–Crippen MR) is 80.6 cm³/mol. The highest BCUT2D eigenvalue weighted by Gasteiger charge is 2.25. The van der Waals surface area contributed by atoms with E-state index in [9.17, 15) is 9.18 Å². The fourth-order valence-electron chi connectivity index (χ4n) is 1.74. The minimum Gasteiger partial charge on any atom is -0.351 e. The number of nitrogens with one attached hydrogen (secondary N) is 1. The van der Waals surface area contributed by atoms with Crippen LogP contribution in [0.4, 0.5) is 4.39 Å². The summed E-state index contributed by atoms with van der Waals surface area (Å²) in [7, 11) is 0. The van der Waals surface area contributed by atoms with Crippen LogP contribution in [0.2, 0.25) is 5.02 Å². The number of alkyl halides is 1. The van der Waals surface area contributed by atoms with Gasteiger partial charge in [-0.05, 0) is 36.5 Å². The van der Waals surface area contributed by atoms with Crippen molar-refractivity contribution in [1.29, 1.82) is 0 Å². The van der Waals surface area contributed by atoms with Crippen LogP contribution in [0.15, 0.2) is 18.2 Å². The van der Waals surface area contributed by atoms with Crippen LogP contribution in [0.25, 0.3) is 0 Å². The molecule has 5 heteroatoms. The van der Waals surface area contributed by atoms with E-state index in [1.54, 1.807) is 0 Å². The minimum atomic E-state index is -0.577. The molecule has 1 aromatic rings. The van der Waals surface area contributed by atoms with E-state index in [1.165, 1.54) is 12.1 Å². The van der Waals surface area contributed by atoms with Crippen molar-refractivity contribution in [2.75, 3.05) is 11.9 Å².